The number of hydrogen-bond donors (Lipinski definition) is 1. The Morgan fingerprint density at radius 1 is 0.935 bits per heavy atom. The lowest BCUT2D eigenvalue weighted by molar-refractivity contribution is 0.102. The molecule has 7 heteroatoms. The fourth-order valence-electron chi connectivity index (χ4n) is 3.55. The number of aryl methyl sites for hydroxylation is 2. The molecule has 0 aliphatic heterocycles. The van der Waals surface area contributed by atoms with E-state index in [-0.39, 0.29) is 11.6 Å². The number of aromatic nitrogens is 2. The lowest BCUT2D eigenvalue weighted by Gasteiger charge is -2.13. The first-order valence-electron chi connectivity index (χ1n) is 10.1. The van der Waals surface area contributed by atoms with Crippen molar-refractivity contribution >= 4 is 50.3 Å². The summed E-state index contributed by atoms with van der Waals surface area (Å²) in [5.41, 5.74) is 2.90. The highest BCUT2D eigenvalue weighted by atomic mass is 79.9. The Kier molecular flexibility index (Phi) is 6.34. The average Bonchev–Trinajstić information content (AvgIpc) is 3.04. The SMILES string of the molecule is CCn1c(=O)n(CC)c2cc(Sc3ccccc3)c(NC(=O)c3ccc(Br)cc3)cc21. The van der Waals surface area contributed by atoms with Gasteiger partial charge in [0.15, 0.2) is 0 Å². The van der Waals surface area contributed by atoms with Gasteiger partial charge in [-0.15, -0.1) is 0 Å². The number of halogens is 1. The molecule has 1 aromatic heterocycles. The molecular weight excluding hydrogens is 474 g/mol. The van der Waals surface area contributed by atoms with Gasteiger partial charge in [-0.2, -0.15) is 0 Å². The van der Waals surface area contributed by atoms with Crippen LogP contribution in [0.3, 0.4) is 0 Å². The van der Waals surface area contributed by atoms with Gasteiger partial charge in [-0.25, -0.2) is 4.79 Å². The molecule has 4 rings (SSSR count). The van der Waals surface area contributed by atoms with Gasteiger partial charge >= 0.3 is 5.69 Å². The number of rotatable bonds is 6. The highest BCUT2D eigenvalue weighted by molar-refractivity contribution is 9.10. The Morgan fingerprint density at radius 3 is 2.16 bits per heavy atom. The van der Waals surface area contributed by atoms with Crippen molar-refractivity contribution in [1.29, 1.82) is 0 Å². The summed E-state index contributed by atoms with van der Waals surface area (Å²) in [5.74, 6) is -0.193. The fourth-order valence-corrected chi connectivity index (χ4v) is 4.75. The van der Waals surface area contributed by atoms with Crippen molar-refractivity contribution in [2.24, 2.45) is 0 Å². The maximum absolute atomic E-state index is 12.9. The van der Waals surface area contributed by atoms with E-state index in [1.165, 1.54) is 0 Å². The summed E-state index contributed by atoms with van der Waals surface area (Å²) >= 11 is 4.96. The number of anilines is 1. The molecule has 0 atom stereocenters. The zero-order valence-corrected chi connectivity index (χ0v) is 19.7. The molecule has 0 fully saturated rings. The molecule has 0 spiro atoms. The summed E-state index contributed by atoms with van der Waals surface area (Å²) in [5, 5.41) is 3.06. The van der Waals surface area contributed by atoms with Crippen LogP contribution in [0.4, 0.5) is 5.69 Å². The summed E-state index contributed by atoms with van der Waals surface area (Å²) in [7, 11) is 0. The van der Waals surface area contributed by atoms with Crippen molar-refractivity contribution in [2.75, 3.05) is 5.32 Å². The van der Waals surface area contributed by atoms with Crippen molar-refractivity contribution in [1.82, 2.24) is 9.13 Å². The molecular formula is C24H22BrN3O2S. The first kappa shape index (κ1) is 21.5. The maximum Gasteiger partial charge on any atom is 0.329 e. The van der Waals surface area contributed by atoms with Crippen LogP contribution in [0.5, 0.6) is 0 Å². The van der Waals surface area contributed by atoms with Crippen LogP contribution in [0.1, 0.15) is 24.2 Å². The van der Waals surface area contributed by atoms with Crippen LogP contribution in [0.25, 0.3) is 11.0 Å². The molecule has 0 unspecified atom stereocenters. The minimum atomic E-state index is -0.193. The molecule has 0 aliphatic rings. The van der Waals surface area contributed by atoms with Crippen molar-refractivity contribution in [3.05, 3.63) is 87.3 Å². The Morgan fingerprint density at radius 2 is 1.55 bits per heavy atom. The van der Waals surface area contributed by atoms with E-state index in [1.807, 2.05) is 68.4 Å². The van der Waals surface area contributed by atoms with Crippen LogP contribution in [0, 0.1) is 0 Å². The summed E-state index contributed by atoms with van der Waals surface area (Å²) in [6.07, 6.45) is 0. The lowest BCUT2D eigenvalue weighted by Crippen LogP contribution is -2.23. The quantitative estimate of drug-likeness (QED) is 0.356. The smallest absolute Gasteiger partial charge is 0.321 e. The molecule has 158 valence electrons. The molecule has 1 amide bonds. The number of nitrogens with zero attached hydrogens (tertiary/aromatic N) is 2. The summed E-state index contributed by atoms with van der Waals surface area (Å²) in [6.45, 7) is 5.07. The van der Waals surface area contributed by atoms with E-state index in [0.29, 0.717) is 24.3 Å². The molecule has 0 saturated carbocycles. The third-order valence-corrected chi connectivity index (χ3v) is 6.67. The molecule has 5 nitrogen and oxygen atoms in total. The van der Waals surface area contributed by atoms with E-state index in [4.69, 9.17) is 0 Å². The number of nitrogens with one attached hydrogen (secondary N) is 1. The Bertz CT molecular complexity index is 1290. The van der Waals surface area contributed by atoms with Crippen molar-refractivity contribution < 1.29 is 4.79 Å². The standard InChI is InChI=1S/C24H22BrN3O2S/c1-3-27-20-14-19(26-23(29)16-10-12-17(25)13-11-16)22(31-18-8-6-5-7-9-18)15-21(20)28(4-2)24(27)30/h5-15H,3-4H2,1-2H3,(H,26,29). The van der Waals surface area contributed by atoms with Gasteiger partial charge < -0.3 is 5.32 Å². The number of hydrogen-bond acceptors (Lipinski definition) is 3. The van der Waals surface area contributed by atoms with Crippen LogP contribution < -0.4 is 11.0 Å². The van der Waals surface area contributed by atoms with Crippen LogP contribution >= 0.6 is 27.7 Å². The van der Waals surface area contributed by atoms with Crippen LogP contribution in [-0.2, 0) is 13.1 Å². The minimum absolute atomic E-state index is 0.0351. The van der Waals surface area contributed by atoms with Gasteiger partial charge in [-0.1, -0.05) is 45.9 Å². The largest absolute Gasteiger partial charge is 0.329 e. The minimum Gasteiger partial charge on any atom is -0.321 e. The molecule has 1 N–H and O–H groups in total. The molecule has 3 aromatic carbocycles. The third kappa shape index (κ3) is 4.34. The van der Waals surface area contributed by atoms with E-state index < -0.39 is 0 Å². The highest BCUT2D eigenvalue weighted by Gasteiger charge is 2.17. The first-order valence-corrected chi connectivity index (χ1v) is 11.7. The summed E-state index contributed by atoms with van der Waals surface area (Å²) in [4.78, 5) is 27.7. The molecule has 0 radical (unpaired) electrons. The summed E-state index contributed by atoms with van der Waals surface area (Å²) < 4.78 is 4.43. The van der Waals surface area contributed by atoms with E-state index >= 15 is 0 Å². The Labute approximate surface area is 193 Å². The molecule has 0 bridgehead atoms. The normalized spacial score (nSPS) is 11.1. The number of benzene rings is 3. The molecule has 31 heavy (non-hydrogen) atoms. The fraction of sp³-hybridized carbons (Fsp3) is 0.167. The van der Waals surface area contributed by atoms with E-state index in [1.54, 1.807) is 33.0 Å². The maximum atomic E-state index is 12.9. The molecule has 4 aromatic rings. The predicted molar refractivity (Wildman–Crippen MR) is 130 cm³/mol. The van der Waals surface area contributed by atoms with E-state index in [9.17, 15) is 9.59 Å². The van der Waals surface area contributed by atoms with Gasteiger partial charge in [-0.3, -0.25) is 13.9 Å². The highest BCUT2D eigenvalue weighted by Crippen LogP contribution is 2.36. The predicted octanol–water partition coefficient (Wildman–Crippen LogP) is 6.01. The van der Waals surface area contributed by atoms with Crippen LogP contribution in [0.2, 0.25) is 0 Å². The number of fused-ring (bicyclic) bond motifs is 1. The van der Waals surface area contributed by atoms with E-state index in [2.05, 4.69) is 21.2 Å². The van der Waals surface area contributed by atoms with Crippen LogP contribution in [0.15, 0.2) is 85.8 Å². The van der Waals surface area contributed by atoms with Gasteiger partial charge in [0.25, 0.3) is 5.91 Å². The second-order valence-corrected chi connectivity index (χ2v) is 9.02. The topological polar surface area (TPSA) is 56.0 Å². The van der Waals surface area contributed by atoms with Gasteiger partial charge in [-0.05, 0) is 62.4 Å². The van der Waals surface area contributed by atoms with Gasteiger partial charge in [0.1, 0.15) is 0 Å². The second-order valence-electron chi connectivity index (χ2n) is 6.98. The number of carbonyl (C=O) groups is 1. The van der Waals surface area contributed by atoms with Crippen LogP contribution in [-0.4, -0.2) is 15.0 Å². The van der Waals surface area contributed by atoms with Gasteiger partial charge in [0, 0.05) is 32.9 Å². The lowest BCUT2D eigenvalue weighted by atomic mass is 10.2. The van der Waals surface area contributed by atoms with E-state index in [0.717, 1.165) is 25.3 Å². The number of imidazole rings is 1. The molecule has 0 saturated heterocycles. The van der Waals surface area contributed by atoms with Gasteiger partial charge in [0.05, 0.1) is 16.7 Å². The molecule has 1 heterocycles. The second kappa shape index (κ2) is 9.16. The third-order valence-electron chi connectivity index (χ3n) is 5.08. The number of carbonyl (C=O) groups excluding carboxylic acids is 1. The van der Waals surface area contributed by atoms with Gasteiger partial charge in [0.2, 0.25) is 0 Å². The monoisotopic (exact) mass is 495 g/mol. The van der Waals surface area contributed by atoms with Crippen molar-refractivity contribution in [3.8, 4) is 0 Å². The zero-order chi connectivity index (χ0) is 22.0. The first-order chi connectivity index (χ1) is 15.0. The average molecular weight is 496 g/mol. The summed E-state index contributed by atoms with van der Waals surface area (Å²) in [6, 6.07) is 21.1. The zero-order valence-electron chi connectivity index (χ0n) is 17.3. The van der Waals surface area contributed by atoms with Crippen molar-refractivity contribution in [2.45, 2.75) is 36.7 Å². The number of amides is 1. The Hall–Kier alpha value is -2.77. The molecule has 0 aliphatic carbocycles. The van der Waals surface area contributed by atoms with Crippen molar-refractivity contribution in [3.63, 3.8) is 0 Å². The Balaban J connectivity index is 1.84.